The van der Waals surface area contributed by atoms with Crippen molar-refractivity contribution in [2.45, 2.75) is 0 Å². The lowest BCUT2D eigenvalue weighted by molar-refractivity contribution is 1.07. The molecule has 228 valence electrons. The van der Waals surface area contributed by atoms with E-state index in [1.807, 2.05) is 18.2 Å². The van der Waals surface area contributed by atoms with Crippen molar-refractivity contribution >= 4 is 54.1 Å². The van der Waals surface area contributed by atoms with Gasteiger partial charge in [-0.15, -0.1) is 0 Å². The summed E-state index contributed by atoms with van der Waals surface area (Å²) in [4.78, 5) is 15.3. The van der Waals surface area contributed by atoms with E-state index in [1.165, 1.54) is 43.1 Å². The van der Waals surface area contributed by atoms with Gasteiger partial charge in [0.1, 0.15) is 0 Å². The molecule has 0 radical (unpaired) electrons. The molecule has 0 N–H and O–H groups in total. The quantitative estimate of drug-likeness (QED) is 0.183. The van der Waals surface area contributed by atoms with Crippen molar-refractivity contribution in [2.75, 3.05) is 0 Å². The Kier molecular flexibility index (Phi) is 6.15. The molecular weight excluding hydrogens is 597 g/mol. The maximum Gasteiger partial charge on any atom is 0.164 e. The first-order valence-electron chi connectivity index (χ1n) is 16.5. The minimum Gasteiger partial charge on any atom is -0.309 e. The molecule has 0 aliphatic heterocycles. The predicted molar refractivity (Wildman–Crippen MR) is 203 cm³/mol. The van der Waals surface area contributed by atoms with Crippen LogP contribution in [-0.4, -0.2) is 19.5 Å². The van der Waals surface area contributed by atoms with E-state index in [0.717, 1.165) is 33.4 Å². The fourth-order valence-corrected chi connectivity index (χ4v) is 7.38. The molecule has 0 saturated carbocycles. The van der Waals surface area contributed by atoms with Crippen molar-refractivity contribution in [1.82, 2.24) is 19.5 Å². The number of fused-ring (bicyclic) bond motifs is 9. The van der Waals surface area contributed by atoms with Crippen LogP contribution in [0.25, 0.3) is 94.0 Å². The van der Waals surface area contributed by atoms with Crippen molar-refractivity contribution in [2.24, 2.45) is 0 Å². The van der Waals surface area contributed by atoms with E-state index in [-0.39, 0.29) is 0 Å². The number of para-hydroxylation sites is 2. The van der Waals surface area contributed by atoms with Gasteiger partial charge in [0.15, 0.2) is 17.5 Å². The average molecular weight is 625 g/mol. The Bertz CT molecular complexity index is 2800. The minimum atomic E-state index is 0.634. The predicted octanol–water partition coefficient (Wildman–Crippen LogP) is 11.4. The van der Waals surface area contributed by atoms with Gasteiger partial charge in [0.25, 0.3) is 0 Å². The zero-order chi connectivity index (χ0) is 32.3. The molecule has 0 aliphatic rings. The van der Waals surface area contributed by atoms with E-state index < -0.39 is 0 Å². The van der Waals surface area contributed by atoms with E-state index in [4.69, 9.17) is 15.0 Å². The van der Waals surface area contributed by atoms with Gasteiger partial charge in [0.05, 0.1) is 11.0 Å². The fraction of sp³-hybridized carbons (Fsp3) is 0. The summed E-state index contributed by atoms with van der Waals surface area (Å²) in [6, 6.07) is 59.7. The van der Waals surface area contributed by atoms with Crippen molar-refractivity contribution < 1.29 is 0 Å². The second kappa shape index (κ2) is 11.0. The number of aromatic nitrogens is 4. The first-order chi connectivity index (χ1) is 24.3. The standard InChI is InChI=1S/C45H28N4/c1-2-13-29(14-3-1)43-46-44(30-15-12-16-32(27-30)49-41-23-10-8-21-38(41)39-22-9-11-24-42(39)49)48-45(47-43)31-25-26-37-35-19-5-4-17-33(35)34-18-6-7-20-36(34)40(37)28-31/h1-28H. The molecule has 0 unspecified atom stereocenters. The lowest BCUT2D eigenvalue weighted by atomic mass is 9.93. The number of benzene rings is 8. The summed E-state index contributed by atoms with van der Waals surface area (Å²) in [5, 5.41) is 9.82. The highest BCUT2D eigenvalue weighted by Gasteiger charge is 2.17. The van der Waals surface area contributed by atoms with Gasteiger partial charge in [-0.2, -0.15) is 0 Å². The highest BCUT2D eigenvalue weighted by atomic mass is 15.0. The fourth-order valence-electron chi connectivity index (χ4n) is 7.38. The zero-order valence-electron chi connectivity index (χ0n) is 26.5. The summed E-state index contributed by atoms with van der Waals surface area (Å²) in [5.74, 6) is 1.92. The molecule has 2 aromatic heterocycles. The van der Waals surface area contributed by atoms with Gasteiger partial charge in [0, 0.05) is 33.2 Å². The van der Waals surface area contributed by atoms with Crippen LogP contribution in [0.4, 0.5) is 0 Å². The third-order valence-corrected chi connectivity index (χ3v) is 9.61. The summed E-state index contributed by atoms with van der Waals surface area (Å²) in [6.45, 7) is 0. The maximum absolute atomic E-state index is 5.16. The van der Waals surface area contributed by atoms with Gasteiger partial charge in [-0.1, -0.05) is 140 Å². The van der Waals surface area contributed by atoms with E-state index in [0.29, 0.717) is 17.5 Å². The van der Waals surface area contributed by atoms with E-state index in [1.54, 1.807) is 0 Å². The SMILES string of the molecule is c1ccc(-c2nc(-c3cccc(-n4c5ccccc5c5ccccc54)c3)nc(-c3ccc4c5ccccc5c5ccccc5c4c3)n2)cc1. The molecule has 4 heteroatoms. The van der Waals surface area contributed by atoms with Crippen molar-refractivity contribution in [3.63, 3.8) is 0 Å². The van der Waals surface area contributed by atoms with Crippen LogP contribution in [-0.2, 0) is 0 Å². The van der Waals surface area contributed by atoms with Gasteiger partial charge >= 0.3 is 0 Å². The molecule has 10 rings (SSSR count). The Morgan fingerprint density at radius 1 is 0.286 bits per heavy atom. The second-order valence-electron chi connectivity index (χ2n) is 12.4. The lowest BCUT2D eigenvalue weighted by Gasteiger charge is -2.13. The Morgan fingerprint density at radius 3 is 1.31 bits per heavy atom. The molecule has 2 heterocycles. The summed E-state index contributed by atoms with van der Waals surface area (Å²) in [7, 11) is 0. The maximum atomic E-state index is 5.16. The normalized spacial score (nSPS) is 11.7. The molecule has 0 saturated heterocycles. The largest absolute Gasteiger partial charge is 0.309 e. The topological polar surface area (TPSA) is 43.6 Å². The van der Waals surface area contributed by atoms with Crippen molar-refractivity contribution in [3.05, 3.63) is 170 Å². The van der Waals surface area contributed by atoms with Crippen LogP contribution in [0.5, 0.6) is 0 Å². The second-order valence-corrected chi connectivity index (χ2v) is 12.4. The van der Waals surface area contributed by atoms with Gasteiger partial charge in [0.2, 0.25) is 0 Å². The highest BCUT2D eigenvalue weighted by Crippen LogP contribution is 2.38. The Hall–Kier alpha value is -6.65. The van der Waals surface area contributed by atoms with Gasteiger partial charge in [-0.25, -0.2) is 15.0 Å². The summed E-state index contributed by atoms with van der Waals surface area (Å²) in [5.41, 5.74) is 6.21. The number of nitrogens with zero attached hydrogens (tertiary/aromatic N) is 4. The van der Waals surface area contributed by atoms with Crippen LogP contribution in [0.1, 0.15) is 0 Å². The van der Waals surface area contributed by atoms with Gasteiger partial charge in [-0.05, 0) is 62.6 Å². The highest BCUT2D eigenvalue weighted by molar-refractivity contribution is 6.25. The number of hydrogen-bond acceptors (Lipinski definition) is 3. The molecule has 0 aliphatic carbocycles. The smallest absolute Gasteiger partial charge is 0.164 e. The van der Waals surface area contributed by atoms with Crippen LogP contribution < -0.4 is 0 Å². The molecule has 0 atom stereocenters. The van der Waals surface area contributed by atoms with Crippen molar-refractivity contribution in [3.8, 4) is 39.9 Å². The van der Waals surface area contributed by atoms with Crippen LogP contribution in [0, 0.1) is 0 Å². The summed E-state index contributed by atoms with van der Waals surface area (Å²) in [6.07, 6.45) is 0. The summed E-state index contributed by atoms with van der Waals surface area (Å²) < 4.78 is 2.33. The summed E-state index contributed by atoms with van der Waals surface area (Å²) >= 11 is 0. The molecular formula is C45H28N4. The van der Waals surface area contributed by atoms with Crippen LogP contribution in [0.3, 0.4) is 0 Å². The zero-order valence-corrected chi connectivity index (χ0v) is 26.5. The van der Waals surface area contributed by atoms with Crippen LogP contribution in [0.2, 0.25) is 0 Å². The van der Waals surface area contributed by atoms with Gasteiger partial charge in [-0.3, -0.25) is 0 Å². The monoisotopic (exact) mass is 624 g/mol. The average Bonchev–Trinajstić information content (AvgIpc) is 3.52. The number of hydrogen-bond donors (Lipinski definition) is 0. The van der Waals surface area contributed by atoms with Crippen LogP contribution >= 0.6 is 0 Å². The molecule has 49 heavy (non-hydrogen) atoms. The molecule has 10 aromatic rings. The lowest BCUT2D eigenvalue weighted by Crippen LogP contribution is -2.01. The van der Waals surface area contributed by atoms with Crippen LogP contribution in [0.15, 0.2) is 170 Å². The van der Waals surface area contributed by atoms with E-state index >= 15 is 0 Å². The Morgan fingerprint density at radius 2 is 0.714 bits per heavy atom. The van der Waals surface area contributed by atoms with Gasteiger partial charge < -0.3 is 4.57 Å². The Labute approximate surface area is 282 Å². The molecule has 0 fully saturated rings. The minimum absolute atomic E-state index is 0.634. The molecule has 0 spiro atoms. The molecule has 8 aromatic carbocycles. The molecule has 0 amide bonds. The van der Waals surface area contributed by atoms with Crippen molar-refractivity contribution in [1.29, 1.82) is 0 Å². The third kappa shape index (κ3) is 4.42. The molecule has 4 nitrogen and oxygen atoms in total. The first kappa shape index (κ1) is 27.5. The van der Waals surface area contributed by atoms with E-state index in [2.05, 4.69) is 156 Å². The molecule has 0 bridgehead atoms. The third-order valence-electron chi connectivity index (χ3n) is 9.61. The van der Waals surface area contributed by atoms with E-state index in [9.17, 15) is 0 Å². The first-order valence-corrected chi connectivity index (χ1v) is 16.5. The Balaban J connectivity index is 1.19. The number of rotatable bonds is 4.